The molecule has 0 spiro atoms. The molecule has 0 radical (unpaired) electrons. The first-order valence-electron chi connectivity index (χ1n) is 12.3. The van der Waals surface area contributed by atoms with Gasteiger partial charge in [-0.05, 0) is 24.1 Å². The number of ether oxygens (including phenoxy) is 1. The Balaban J connectivity index is 1.66. The SMILES string of the molecule is CCOC(=O)c1c(-c2ccccc2)c2n3c1C=CO[B-]3(F)[N+]1=c3ccoc(=O)c3=C(c3ccccc3)C1=C2. The monoisotopic (exact) mass is 506 g/mol. The van der Waals surface area contributed by atoms with Crippen molar-refractivity contribution < 1.29 is 22.9 Å². The molecular formula is C29H20BFN2O5. The zero-order valence-electron chi connectivity index (χ0n) is 20.3. The van der Waals surface area contributed by atoms with Crippen molar-refractivity contribution in [2.75, 3.05) is 6.61 Å². The van der Waals surface area contributed by atoms with E-state index in [1.165, 1.54) is 21.5 Å². The van der Waals surface area contributed by atoms with Gasteiger partial charge in [0.25, 0.3) is 0 Å². The largest absolute Gasteiger partial charge is 0.759 e. The molecule has 2 aromatic carbocycles. The van der Waals surface area contributed by atoms with Gasteiger partial charge in [-0.2, -0.15) is 0 Å². The average Bonchev–Trinajstić information content (AvgIpc) is 3.46. The summed E-state index contributed by atoms with van der Waals surface area (Å²) in [5.41, 5.74) is 3.38. The van der Waals surface area contributed by atoms with E-state index in [4.69, 9.17) is 13.8 Å². The molecule has 9 heteroatoms. The van der Waals surface area contributed by atoms with Gasteiger partial charge in [-0.15, -0.1) is 0 Å². The fourth-order valence-corrected chi connectivity index (χ4v) is 5.75. The molecule has 7 nitrogen and oxygen atoms in total. The number of esters is 1. The van der Waals surface area contributed by atoms with Crippen LogP contribution in [-0.2, 0) is 9.39 Å². The number of halogens is 1. The molecular weight excluding hydrogens is 486 g/mol. The van der Waals surface area contributed by atoms with Gasteiger partial charge in [-0.3, -0.25) is 0 Å². The lowest BCUT2D eigenvalue weighted by Gasteiger charge is -2.37. The Bertz CT molecular complexity index is 1910. The van der Waals surface area contributed by atoms with E-state index in [-0.39, 0.29) is 17.4 Å². The summed E-state index contributed by atoms with van der Waals surface area (Å²) in [6.07, 6.45) is 5.87. The molecule has 2 aromatic heterocycles. The standard InChI is InChI=1S/C29H20BFN2O5/c1-2-36-28(34)26-21-14-16-38-30(31)32-20-13-15-37-29(35)27(20)25(19-11-7-4-8-12-19)23(32)17-22(33(21)30)24(26)18-9-5-3-6-10-18/h3-17H,2H2,1H3. The summed E-state index contributed by atoms with van der Waals surface area (Å²) in [5, 5.41) is 0.578. The van der Waals surface area contributed by atoms with Crippen molar-refractivity contribution in [1.82, 2.24) is 8.96 Å². The van der Waals surface area contributed by atoms with Crippen LogP contribution in [0.2, 0.25) is 0 Å². The van der Waals surface area contributed by atoms with Crippen molar-refractivity contribution >= 4 is 30.6 Å². The normalized spacial score (nSPS) is 18.3. The van der Waals surface area contributed by atoms with E-state index in [9.17, 15) is 9.59 Å². The molecule has 0 N–H and O–H groups in total. The van der Waals surface area contributed by atoms with Crippen LogP contribution in [0.1, 0.15) is 34.2 Å². The topological polar surface area (TPSA) is 73.7 Å². The van der Waals surface area contributed by atoms with Crippen LogP contribution in [0.3, 0.4) is 0 Å². The number of hydrogen-bond acceptors (Lipinski definition) is 5. The van der Waals surface area contributed by atoms with E-state index in [1.54, 1.807) is 25.1 Å². The van der Waals surface area contributed by atoms with Crippen molar-refractivity contribution in [3.05, 3.63) is 128 Å². The molecule has 0 bridgehead atoms. The van der Waals surface area contributed by atoms with Crippen LogP contribution in [0.15, 0.2) is 94.2 Å². The second-order valence-electron chi connectivity index (χ2n) is 9.14. The quantitative estimate of drug-likeness (QED) is 0.314. The van der Waals surface area contributed by atoms with E-state index in [1.807, 2.05) is 60.7 Å². The van der Waals surface area contributed by atoms with Crippen LogP contribution in [0.5, 0.6) is 0 Å². The van der Waals surface area contributed by atoms with Crippen LogP contribution in [0.25, 0.3) is 28.9 Å². The van der Waals surface area contributed by atoms with Gasteiger partial charge in [0.05, 0.1) is 17.7 Å². The van der Waals surface area contributed by atoms with E-state index in [2.05, 4.69) is 0 Å². The lowest BCUT2D eigenvalue weighted by Crippen LogP contribution is -2.62. The Kier molecular flexibility index (Phi) is 4.72. The number of allylic oxidation sites excluding steroid dienone is 1. The minimum Gasteiger partial charge on any atom is -0.615 e. The summed E-state index contributed by atoms with van der Waals surface area (Å²) < 4.78 is 36.8. The van der Waals surface area contributed by atoms with Crippen LogP contribution in [-0.4, -0.2) is 24.0 Å². The smallest absolute Gasteiger partial charge is 0.615 e. The van der Waals surface area contributed by atoms with Crippen molar-refractivity contribution in [2.24, 2.45) is 0 Å². The molecule has 0 aliphatic carbocycles. The highest BCUT2D eigenvalue weighted by atomic mass is 19.1. The predicted octanol–water partition coefficient (Wildman–Crippen LogP) is 3.30. The number of nitrogens with zero attached hydrogens (tertiary/aromatic N) is 2. The van der Waals surface area contributed by atoms with Gasteiger partial charge in [0.1, 0.15) is 11.5 Å². The molecule has 4 aromatic rings. The highest BCUT2D eigenvalue weighted by Crippen LogP contribution is 2.44. The first kappa shape index (κ1) is 22.3. The van der Waals surface area contributed by atoms with E-state index in [0.717, 1.165) is 11.1 Å². The maximum Gasteiger partial charge on any atom is 0.759 e. The summed E-state index contributed by atoms with van der Waals surface area (Å²) in [7, 11) is 0. The van der Waals surface area contributed by atoms with Crippen LogP contribution in [0.4, 0.5) is 4.32 Å². The van der Waals surface area contributed by atoms with Gasteiger partial charge >= 0.3 is 18.5 Å². The molecule has 186 valence electrons. The number of aromatic nitrogens is 1. The maximum absolute atomic E-state index is 17.6. The Morgan fingerprint density at radius 1 is 1.03 bits per heavy atom. The van der Waals surface area contributed by atoms with E-state index in [0.29, 0.717) is 33.6 Å². The van der Waals surface area contributed by atoms with Gasteiger partial charge < -0.3 is 27.1 Å². The molecule has 5 heterocycles. The zero-order valence-corrected chi connectivity index (χ0v) is 20.3. The van der Waals surface area contributed by atoms with Crippen molar-refractivity contribution in [3.63, 3.8) is 0 Å². The summed E-state index contributed by atoms with van der Waals surface area (Å²) in [5.74, 6) is -0.556. The maximum atomic E-state index is 17.6. The predicted molar refractivity (Wildman–Crippen MR) is 141 cm³/mol. The summed E-state index contributed by atoms with van der Waals surface area (Å²) >= 11 is 0. The number of carbonyl (C=O) groups excluding carboxylic acids is 1. The minimum absolute atomic E-state index is 0.168. The molecule has 0 fully saturated rings. The van der Waals surface area contributed by atoms with Crippen LogP contribution >= 0.6 is 0 Å². The second kappa shape index (κ2) is 8.04. The first-order chi connectivity index (χ1) is 18.5. The summed E-state index contributed by atoms with van der Waals surface area (Å²) in [6.45, 7) is -1.61. The number of benzene rings is 2. The minimum atomic E-state index is -3.51. The fourth-order valence-electron chi connectivity index (χ4n) is 5.75. The lowest BCUT2D eigenvalue weighted by atomic mass is 9.84. The Morgan fingerprint density at radius 2 is 1.74 bits per heavy atom. The summed E-state index contributed by atoms with van der Waals surface area (Å²) in [6, 6.07) is 20.2. The fraction of sp³-hybridized carbons (Fsp3) is 0.0690. The highest BCUT2D eigenvalue weighted by molar-refractivity contribution is 6.66. The van der Waals surface area contributed by atoms with E-state index >= 15 is 4.32 Å². The molecule has 3 aliphatic heterocycles. The summed E-state index contributed by atoms with van der Waals surface area (Å²) in [4.78, 5) is 26.4. The van der Waals surface area contributed by atoms with E-state index < -0.39 is 18.5 Å². The molecule has 3 aliphatic rings. The molecule has 0 amide bonds. The number of rotatable bonds is 4. The third-order valence-electron chi connectivity index (χ3n) is 7.16. The number of fused-ring (bicyclic) bond motifs is 3. The molecule has 1 unspecified atom stereocenters. The van der Waals surface area contributed by atoms with Gasteiger partial charge in [0.2, 0.25) is 0 Å². The van der Waals surface area contributed by atoms with Gasteiger partial charge in [0, 0.05) is 35.4 Å². The second-order valence-corrected chi connectivity index (χ2v) is 9.14. The lowest BCUT2D eigenvalue weighted by molar-refractivity contribution is 0.0527. The average molecular weight is 506 g/mol. The molecule has 1 atom stereocenters. The first-order valence-corrected chi connectivity index (χ1v) is 12.3. The van der Waals surface area contributed by atoms with Crippen molar-refractivity contribution in [2.45, 2.75) is 6.92 Å². The molecule has 0 saturated heterocycles. The molecule has 7 rings (SSSR count). The Hall–Kier alpha value is -4.92. The van der Waals surface area contributed by atoms with Gasteiger partial charge in [0.15, 0.2) is 11.1 Å². The molecule has 0 saturated carbocycles. The van der Waals surface area contributed by atoms with Crippen molar-refractivity contribution in [1.29, 1.82) is 0 Å². The van der Waals surface area contributed by atoms with Crippen LogP contribution < -0.4 is 20.7 Å². The third-order valence-corrected chi connectivity index (χ3v) is 7.16. The van der Waals surface area contributed by atoms with Gasteiger partial charge in [-0.1, -0.05) is 60.7 Å². The molecule has 38 heavy (non-hydrogen) atoms. The zero-order chi connectivity index (χ0) is 26.0. The number of carbonyl (C=O) groups is 1. The van der Waals surface area contributed by atoms with Crippen molar-refractivity contribution in [3.8, 4) is 11.1 Å². The Labute approximate surface area is 215 Å². The van der Waals surface area contributed by atoms with Gasteiger partial charge in [-0.25, -0.2) is 9.59 Å². The van der Waals surface area contributed by atoms with Crippen LogP contribution in [0, 0.1) is 0 Å². The number of hydrogen-bond donors (Lipinski definition) is 0. The third kappa shape index (κ3) is 2.87. The highest BCUT2D eigenvalue weighted by Gasteiger charge is 2.58. The Morgan fingerprint density at radius 3 is 2.45 bits per heavy atom.